The summed E-state index contributed by atoms with van der Waals surface area (Å²) in [5.41, 5.74) is 0.215. The molecule has 1 aliphatic rings. The number of aromatic nitrogens is 1. The second-order valence-corrected chi connectivity index (χ2v) is 4.92. The average Bonchev–Trinajstić information content (AvgIpc) is 2.46. The molecule has 0 bridgehead atoms. The van der Waals surface area contributed by atoms with Crippen LogP contribution in [0.3, 0.4) is 0 Å². The molecule has 0 saturated carbocycles. The van der Waals surface area contributed by atoms with Crippen molar-refractivity contribution < 1.29 is 14.3 Å². The molecule has 1 fully saturated rings. The van der Waals surface area contributed by atoms with Crippen molar-refractivity contribution in [3.63, 3.8) is 0 Å². The summed E-state index contributed by atoms with van der Waals surface area (Å²) >= 11 is 11.6. The number of likely N-dealkylation sites (N-methyl/N-ethyl adjacent to an activating group) is 1. The molecule has 6 nitrogen and oxygen atoms in total. The predicted molar refractivity (Wildman–Crippen MR) is 74.0 cm³/mol. The van der Waals surface area contributed by atoms with Gasteiger partial charge < -0.3 is 15.0 Å². The van der Waals surface area contributed by atoms with Gasteiger partial charge in [-0.25, -0.2) is 4.98 Å². The van der Waals surface area contributed by atoms with Gasteiger partial charge in [-0.15, -0.1) is 0 Å². The maximum Gasteiger partial charge on any atom is 0.257 e. The fraction of sp³-hybridized carbons (Fsp3) is 0.417. The van der Waals surface area contributed by atoms with Gasteiger partial charge in [-0.1, -0.05) is 23.2 Å². The maximum absolute atomic E-state index is 12.5. The summed E-state index contributed by atoms with van der Waals surface area (Å²) in [6.45, 7) is 0.845. The molecule has 1 unspecified atom stereocenters. The lowest BCUT2D eigenvalue weighted by Crippen LogP contribution is -2.55. The molecule has 2 rings (SSSR count). The molecule has 1 aliphatic heterocycles. The second kappa shape index (κ2) is 6.39. The molecule has 1 N–H and O–H groups in total. The Bertz CT molecular complexity index is 539. The van der Waals surface area contributed by atoms with Crippen LogP contribution in [0.5, 0.6) is 0 Å². The highest BCUT2D eigenvalue weighted by Crippen LogP contribution is 2.20. The Morgan fingerprint density at radius 3 is 2.85 bits per heavy atom. The van der Waals surface area contributed by atoms with Gasteiger partial charge in [0.1, 0.15) is 16.3 Å². The number of carbonyl (C=O) groups is 2. The predicted octanol–water partition coefficient (Wildman–Crippen LogP) is 0.975. The molecule has 108 valence electrons. The van der Waals surface area contributed by atoms with Crippen molar-refractivity contribution in [1.82, 2.24) is 15.2 Å². The van der Waals surface area contributed by atoms with Crippen LogP contribution in [0.2, 0.25) is 10.3 Å². The van der Waals surface area contributed by atoms with E-state index in [-0.39, 0.29) is 34.3 Å². The lowest BCUT2D eigenvalue weighted by atomic mass is 10.1. The van der Waals surface area contributed by atoms with E-state index in [0.717, 1.165) is 0 Å². The number of hydrogen-bond donors (Lipinski definition) is 1. The molecular weight excluding hydrogens is 305 g/mol. The molecule has 1 atom stereocenters. The van der Waals surface area contributed by atoms with Crippen LogP contribution in [0.25, 0.3) is 0 Å². The van der Waals surface area contributed by atoms with Gasteiger partial charge in [-0.3, -0.25) is 9.59 Å². The summed E-state index contributed by atoms with van der Waals surface area (Å²) in [5.74, 6) is -0.646. The van der Waals surface area contributed by atoms with Gasteiger partial charge in [-0.2, -0.15) is 0 Å². The number of nitrogens with zero attached hydrogens (tertiary/aromatic N) is 2. The Balaban J connectivity index is 2.27. The third-order valence-electron chi connectivity index (χ3n) is 2.98. The fourth-order valence-corrected chi connectivity index (χ4v) is 2.38. The van der Waals surface area contributed by atoms with E-state index in [1.165, 1.54) is 24.1 Å². The Kier molecular flexibility index (Phi) is 4.80. The number of hydrogen-bond acceptors (Lipinski definition) is 4. The molecule has 20 heavy (non-hydrogen) atoms. The minimum atomic E-state index is -0.673. The maximum atomic E-state index is 12.5. The highest BCUT2D eigenvalue weighted by atomic mass is 35.5. The lowest BCUT2D eigenvalue weighted by molar-refractivity contribution is -0.130. The average molecular weight is 318 g/mol. The number of amides is 2. The highest BCUT2D eigenvalue weighted by molar-refractivity contribution is 6.34. The van der Waals surface area contributed by atoms with Crippen molar-refractivity contribution in [3.8, 4) is 0 Å². The van der Waals surface area contributed by atoms with Crippen molar-refractivity contribution in [3.05, 3.63) is 28.0 Å². The summed E-state index contributed by atoms with van der Waals surface area (Å²) < 4.78 is 5.25. The second-order valence-electron chi connectivity index (χ2n) is 4.18. The van der Waals surface area contributed by atoms with E-state index in [2.05, 4.69) is 10.3 Å². The monoisotopic (exact) mass is 317 g/mol. The normalized spacial score (nSPS) is 18.8. The number of rotatable bonds is 2. The first kappa shape index (κ1) is 15.0. The van der Waals surface area contributed by atoms with Crippen LogP contribution in [0, 0.1) is 0 Å². The van der Waals surface area contributed by atoms with Crippen LogP contribution in [0.1, 0.15) is 10.4 Å². The Hall–Kier alpha value is -1.37. The molecule has 0 aromatic carbocycles. The van der Waals surface area contributed by atoms with Gasteiger partial charge in [0.15, 0.2) is 0 Å². The van der Waals surface area contributed by atoms with Crippen molar-refractivity contribution in [2.24, 2.45) is 0 Å². The SMILES string of the molecule is CNC(=O)C1COCCN1C(=O)c1ccc(Cl)nc1Cl. The Labute approximate surface area is 126 Å². The molecule has 0 aliphatic carbocycles. The number of ether oxygens (including phenoxy) is 1. The van der Waals surface area contributed by atoms with Crippen molar-refractivity contribution >= 4 is 35.0 Å². The summed E-state index contributed by atoms with van der Waals surface area (Å²) in [7, 11) is 1.51. The summed E-state index contributed by atoms with van der Waals surface area (Å²) in [6.07, 6.45) is 0. The number of carbonyl (C=O) groups excluding carboxylic acids is 2. The molecule has 1 aromatic rings. The van der Waals surface area contributed by atoms with E-state index in [1.54, 1.807) is 0 Å². The van der Waals surface area contributed by atoms with Crippen LogP contribution in [0.15, 0.2) is 12.1 Å². The van der Waals surface area contributed by atoms with Crippen LogP contribution in [0.4, 0.5) is 0 Å². The number of pyridine rings is 1. The zero-order chi connectivity index (χ0) is 14.7. The fourth-order valence-electron chi connectivity index (χ4n) is 1.96. The van der Waals surface area contributed by atoms with E-state index in [0.29, 0.717) is 13.2 Å². The molecular formula is C12H13Cl2N3O3. The third-order valence-corrected chi connectivity index (χ3v) is 3.48. The Morgan fingerprint density at radius 2 is 2.20 bits per heavy atom. The van der Waals surface area contributed by atoms with E-state index in [9.17, 15) is 9.59 Å². The van der Waals surface area contributed by atoms with Gasteiger partial charge >= 0.3 is 0 Å². The van der Waals surface area contributed by atoms with Crippen molar-refractivity contribution in [2.75, 3.05) is 26.8 Å². The highest BCUT2D eigenvalue weighted by Gasteiger charge is 2.33. The lowest BCUT2D eigenvalue weighted by Gasteiger charge is -2.34. The van der Waals surface area contributed by atoms with Gasteiger partial charge in [-0.05, 0) is 12.1 Å². The van der Waals surface area contributed by atoms with E-state index in [4.69, 9.17) is 27.9 Å². The number of morpholine rings is 1. The third kappa shape index (κ3) is 3.03. The first-order chi connectivity index (χ1) is 9.54. The number of nitrogens with one attached hydrogen (secondary N) is 1. The van der Waals surface area contributed by atoms with Gasteiger partial charge in [0.05, 0.1) is 18.8 Å². The summed E-state index contributed by atoms with van der Waals surface area (Å²) in [4.78, 5) is 29.5. The smallest absolute Gasteiger partial charge is 0.257 e. The molecule has 0 spiro atoms. The molecule has 2 amide bonds. The topological polar surface area (TPSA) is 71.5 Å². The quantitative estimate of drug-likeness (QED) is 0.825. The minimum Gasteiger partial charge on any atom is -0.377 e. The zero-order valence-corrected chi connectivity index (χ0v) is 12.2. The van der Waals surface area contributed by atoms with Crippen LogP contribution in [-0.4, -0.2) is 54.5 Å². The van der Waals surface area contributed by atoms with Crippen molar-refractivity contribution in [1.29, 1.82) is 0 Å². The van der Waals surface area contributed by atoms with Crippen molar-refractivity contribution in [2.45, 2.75) is 6.04 Å². The van der Waals surface area contributed by atoms with E-state index >= 15 is 0 Å². The minimum absolute atomic E-state index is 0.0182. The standard InChI is InChI=1S/C12H13Cl2N3O3/c1-15-11(18)8-6-20-5-4-17(8)12(19)7-2-3-9(13)16-10(7)14/h2-3,8H,4-6H2,1H3,(H,15,18). The summed E-state index contributed by atoms with van der Waals surface area (Å²) in [5, 5.41) is 2.74. The van der Waals surface area contributed by atoms with E-state index in [1.807, 2.05) is 0 Å². The largest absolute Gasteiger partial charge is 0.377 e. The zero-order valence-electron chi connectivity index (χ0n) is 10.7. The molecule has 2 heterocycles. The summed E-state index contributed by atoms with van der Waals surface area (Å²) in [6, 6.07) is 2.31. The van der Waals surface area contributed by atoms with Crippen LogP contribution in [-0.2, 0) is 9.53 Å². The van der Waals surface area contributed by atoms with Crippen LogP contribution >= 0.6 is 23.2 Å². The van der Waals surface area contributed by atoms with Gasteiger partial charge in [0, 0.05) is 13.6 Å². The van der Waals surface area contributed by atoms with E-state index < -0.39 is 6.04 Å². The molecule has 8 heteroatoms. The molecule has 1 aromatic heterocycles. The first-order valence-corrected chi connectivity index (χ1v) is 6.72. The molecule has 0 radical (unpaired) electrons. The first-order valence-electron chi connectivity index (χ1n) is 5.97. The van der Waals surface area contributed by atoms with Crippen LogP contribution < -0.4 is 5.32 Å². The van der Waals surface area contributed by atoms with Gasteiger partial charge in [0.2, 0.25) is 5.91 Å². The Morgan fingerprint density at radius 1 is 1.45 bits per heavy atom. The molecule has 1 saturated heterocycles. The number of halogens is 2. The van der Waals surface area contributed by atoms with Gasteiger partial charge in [0.25, 0.3) is 5.91 Å².